The molecule has 0 unspecified atom stereocenters. The van der Waals surface area contributed by atoms with E-state index in [2.05, 4.69) is 15.7 Å². The van der Waals surface area contributed by atoms with E-state index in [0.717, 1.165) is 12.8 Å². The number of urea groups is 1. The van der Waals surface area contributed by atoms with Crippen LogP contribution in [0, 0.1) is 0 Å². The molecule has 7 heteroatoms. The van der Waals surface area contributed by atoms with Crippen molar-refractivity contribution in [3.05, 3.63) is 35.5 Å². The highest BCUT2D eigenvalue weighted by atomic mass is 35.5. The van der Waals surface area contributed by atoms with Crippen LogP contribution in [-0.4, -0.2) is 20.9 Å². The Balaban J connectivity index is 1.68. The van der Waals surface area contributed by atoms with Gasteiger partial charge in [-0.05, 0) is 25.0 Å². The van der Waals surface area contributed by atoms with Gasteiger partial charge in [0.25, 0.3) is 0 Å². The molecule has 1 aliphatic rings. The predicted octanol–water partition coefficient (Wildman–Crippen LogP) is 4.00. The first kappa shape index (κ1) is 14.7. The van der Waals surface area contributed by atoms with E-state index >= 15 is 0 Å². The van der Waals surface area contributed by atoms with E-state index in [-0.39, 0.29) is 10.8 Å². The molecule has 1 aromatic carbocycles. The summed E-state index contributed by atoms with van der Waals surface area (Å²) in [7, 11) is 0. The number of aromatic hydroxyl groups is 1. The first-order valence-electron chi connectivity index (χ1n) is 7.23. The van der Waals surface area contributed by atoms with Crippen LogP contribution in [0.3, 0.4) is 0 Å². The maximum Gasteiger partial charge on any atom is 0.324 e. The van der Waals surface area contributed by atoms with E-state index in [9.17, 15) is 9.90 Å². The number of phenols is 1. The molecule has 0 atom stereocenters. The number of carbonyl (C=O) groups excluding carboxylic acids is 1. The second-order valence-corrected chi connectivity index (χ2v) is 5.75. The zero-order chi connectivity index (χ0) is 15.5. The smallest absolute Gasteiger partial charge is 0.324 e. The zero-order valence-electron chi connectivity index (χ0n) is 11.9. The summed E-state index contributed by atoms with van der Waals surface area (Å²) in [6, 6.07) is 6.11. The first-order chi connectivity index (χ1) is 10.6. The Morgan fingerprint density at radius 2 is 2.05 bits per heavy atom. The van der Waals surface area contributed by atoms with Crippen LogP contribution < -0.4 is 10.6 Å². The highest BCUT2D eigenvalue weighted by Gasteiger charge is 2.20. The lowest BCUT2D eigenvalue weighted by molar-refractivity contribution is 0.262. The molecule has 0 spiro atoms. The van der Waals surface area contributed by atoms with E-state index in [1.807, 2.05) is 4.68 Å². The molecular formula is C15H17ClN4O2. The van der Waals surface area contributed by atoms with Crippen LogP contribution in [0.1, 0.15) is 31.7 Å². The minimum atomic E-state index is -0.396. The van der Waals surface area contributed by atoms with E-state index in [1.54, 1.807) is 18.3 Å². The molecule has 2 aromatic rings. The third-order valence-corrected chi connectivity index (χ3v) is 4.10. The van der Waals surface area contributed by atoms with Crippen LogP contribution in [0.2, 0.25) is 5.02 Å². The molecular weight excluding hydrogens is 304 g/mol. The molecule has 2 amide bonds. The van der Waals surface area contributed by atoms with Gasteiger partial charge in [0.2, 0.25) is 0 Å². The summed E-state index contributed by atoms with van der Waals surface area (Å²) < 4.78 is 1.87. The number of halogens is 1. The minimum absolute atomic E-state index is 0.0512. The number of amides is 2. The Labute approximate surface area is 133 Å². The summed E-state index contributed by atoms with van der Waals surface area (Å²) in [6.45, 7) is 0. The fourth-order valence-corrected chi connectivity index (χ4v) is 2.95. The molecule has 0 saturated heterocycles. The van der Waals surface area contributed by atoms with Crippen molar-refractivity contribution in [2.75, 3.05) is 10.6 Å². The second kappa shape index (κ2) is 6.27. The number of hydrogen-bond donors (Lipinski definition) is 3. The van der Waals surface area contributed by atoms with Crippen molar-refractivity contribution >= 4 is 29.1 Å². The van der Waals surface area contributed by atoms with E-state index in [4.69, 9.17) is 11.6 Å². The van der Waals surface area contributed by atoms with E-state index in [0.29, 0.717) is 17.5 Å². The normalized spacial score (nSPS) is 15.0. The van der Waals surface area contributed by atoms with Gasteiger partial charge in [0.1, 0.15) is 11.6 Å². The van der Waals surface area contributed by atoms with Gasteiger partial charge in [-0.2, -0.15) is 5.10 Å². The van der Waals surface area contributed by atoms with Gasteiger partial charge in [0, 0.05) is 12.1 Å². The largest absolute Gasteiger partial charge is 0.508 e. The summed E-state index contributed by atoms with van der Waals surface area (Å²) in [5.74, 6) is 0.717. The van der Waals surface area contributed by atoms with Gasteiger partial charge < -0.3 is 10.4 Å². The van der Waals surface area contributed by atoms with Crippen molar-refractivity contribution in [3.63, 3.8) is 0 Å². The van der Waals surface area contributed by atoms with Crippen molar-refractivity contribution in [2.24, 2.45) is 0 Å². The zero-order valence-corrected chi connectivity index (χ0v) is 12.7. The van der Waals surface area contributed by atoms with Gasteiger partial charge >= 0.3 is 6.03 Å². The molecule has 0 aliphatic heterocycles. The molecule has 3 rings (SSSR count). The highest BCUT2D eigenvalue weighted by Crippen LogP contribution is 2.31. The monoisotopic (exact) mass is 320 g/mol. The third kappa shape index (κ3) is 3.17. The molecule has 6 nitrogen and oxygen atoms in total. The Bertz CT molecular complexity index is 680. The van der Waals surface area contributed by atoms with Gasteiger partial charge in [0.05, 0.1) is 22.9 Å². The third-order valence-electron chi connectivity index (χ3n) is 3.78. The van der Waals surface area contributed by atoms with Crippen molar-refractivity contribution in [2.45, 2.75) is 31.7 Å². The fraction of sp³-hybridized carbons (Fsp3) is 0.333. The number of anilines is 2. The van der Waals surface area contributed by atoms with Crippen LogP contribution in [-0.2, 0) is 0 Å². The molecule has 1 aromatic heterocycles. The number of nitrogens with zero attached hydrogens (tertiary/aromatic N) is 2. The van der Waals surface area contributed by atoms with Crippen molar-refractivity contribution in [1.82, 2.24) is 9.78 Å². The highest BCUT2D eigenvalue weighted by molar-refractivity contribution is 6.34. The Kier molecular flexibility index (Phi) is 4.20. The number of carbonyl (C=O) groups is 1. The fourth-order valence-electron chi connectivity index (χ4n) is 2.73. The Hall–Kier alpha value is -2.21. The predicted molar refractivity (Wildman–Crippen MR) is 85.5 cm³/mol. The van der Waals surface area contributed by atoms with Gasteiger partial charge in [-0.15, -0.1) is 0 Å². The summed E-state index contributed by atoms with van der Waals surface area (Å²) in [4.78, 5) is 12.1. The first-order valence-corrected chi connectivity index (χ1v) is 7.61. The van der Waals surface area contributed by atoms with Crippen LogP contribution in [0.5, 0.6) is 5.75 Å². The molecule has 3 N–H and O–H groups in total. The number of phenolic OH excluding ortho intramolecular Hbond substituents is 1. The quantitative estimate of drug-likeness (QED) is 0.748. The number of rotatable bonds is 3. The van der Waals surface area contributed by atoms with Crippen LogP contribution in [0.15, 0.2) is 30.5 Å². The molecule has 116 valence electrons. The van der Waals surface area contributed by atoms with E-state index < -0.39 is 6.03 Å². The molecule has 0 bridgehead atoms. The van der Waals surface area contributed by atoms with Crippen molar-refractivity contribution in [3.8, 4) is 5.75 Å². The minimum Gasteiger partial charge on any atom is -0.508 e. The summed E-state index contributed by atoms with van der Waals surface area (Å²) >= 11 is 5.97. The van der Waals surface area contributed by atoms with E-state index in [1.165, 1.54) is 25.0 Å². The molecule has 1 heterocycles. The molecule has 22 heavy (non-hydrogen) atoms. The van der Waals surface area contributed by atoms with Gasteiger partial charge in [-0.1, -0.05) is 24.4 Å². The molecule has 0 radical (unpaired) electrons. The van der Waals surface area contributed by atoms with Crippen LogP contribution in [0.25, 0.3) is 0 Å². The van der Waals surface area contributed by atoms with Gasteiger partial charge in [-0.25, -0.2) is 9.48 Å². The molecule has 1 fully saturated rings. The average molecular weight is 321 g/mol. The maximum atomic E-state index is 12.1. The van der Waals surface area contributed by atoms with Gasteiger partial charge in [-0.3, -0.25) is 5.32 Å². The molecule has 1 aliphatic carbocycles. The van der Waals surface area contributed by atoms with Crippen molar-refractivity contribution in [1.29, 1.82) is 0 Å². The summed E-state index contributed by atoms with van der Waals surface area (Å²) in [5.41, 5.74) is 0.434. The molecule has 1 saturated carbocycles. The second-order valence-electron chi connectivity index (χ2n) is 5.34. The number of hydrogen-bond acceptors (Lipinski definition) is 3. The number of aromatic nitrogens is 2. The lowest BCUT2D eigenvalue weighted by Crippen LogP contribution is -2.22. The Morgan fingerprint density at radius 1 is 1.27 bits per heavy atom. The summed E-state index contributed by atoms with van der Waals surface area (Å²) in [6.07, 6.45) is 6.24. The van der Waals surface area contributed by atoms with Crippen molar-refractivity contribution < 1.29 is 9.90 Å². The summed E-state index contributed by atoms with van der Waals surface area (Å²) in [5, 5.41) is 19.3. The van der Waals surface area contributed by atoms with Crippen LogP contribution in [0.4, 0.5) is 16.3 Å². The number of nitrogens with one attached hydrogen (secondary N) is 2. The standard InChI is InChI=1S/C15H17ClN4O2/c16-12-9-11(21)5-6-13(12)18-15(22)19-14-7-8-17-20(14)10-3-1-2-4-10/h5-10,21H,1-4H2,(H2,18,19,22). The lowest BCUT2D eigenvalue weighted by atomic mass is 10.2. The lowest BCUT2D eigenvalue weighted by Gasteiger charge is -2.15. The SMILES string of the molecule is O=C(Nc1ccc(O)cc1Cl)Nc1ccnn1C1CCCC1. The average Bonchev–Trinajstić information content (AvgIpc) is 3.12. The Morgan fingerprint density at radius 3 is 2.77 bits per heavy atom. The van der Waals surface area contributed by atoms with Crippen LogP contribution >= 0.6 is 11.6 Å². The van der Waals surface area contributed by atoms with Gasteiger partial charge in [0.15, 0.2) is 0 Å². The maximum absolute atomic E-state index is 12.1. The number of benzene rings is 1. The topological polar surface area (TPSA) is 79.2 Å².